The summed E-state index contributed by atoms with van der Waals surface area (Å²) in [6, 6.07) is 1.14. The zero-order valence-electron chi connectivity index (χ0n) is 9.37. The maximum atomic E-state index is 11.2. The monoisotopic (exact) mass is 212 g/mol. The van der Waals surface area contributed by atoms with E-state index in [1.54, 1.807) is 0 Å². The van der Waals surface area contributed by atoms with Gasteiger partial charge in [0.15, 0.2) is 0 Å². The van der Waals surface area contributed by atoms with E-state index in [1.165, 1.54) is 32.8 Å². The average molecular weight is 212 g/mol. The molecule has 2 aliphatic rings. The van der Waals surface area contributed by atoms with E-state index in [1.807, 2.05) is 0 Å². The standard InChI is InChI=1S/C11H20N2O2/c1-15-11(14)8-13-7-3-5-10(13)9-4-2-6-12-9/h9-10,12H,2-8H2,1H3. The van der Waals surface area contributed by atoms with E-state index in [9.17, 15) is 4.79 Å². The Balaban J connectivity index is 1.89. The highest BCUT2D eigenvalue weighted by Crippen LogP contribution is 2.24. The number of esters is 1. The van der Waals surface area contributed by atoms with Gasteiger partial charge in [0, 0.05) is 12.1 Å². The van der Waals surface area contributed by atoms with Crippen LogP contribution in [0.1, 0.15) is 25.7 Å². The van der Waals surface area contributed by atoms with Crippen LogP contribution >= 0.6 is 0 Å². The number of carbonyl (C=O) groups is 1. The summed E-state index contributed by atoms with van der Waals surface area (Å²) in [5.41, 5.74) is 0. The molecule has 0 bridgehead atoms. The molecule has 0 aromatic heterocycles. The molecule has 86 valence electrons. The van der Waals surface area contributed by atoms with Crippen LogP contribution in [-0.4, -0.2) is 49.7 Å². The third-order valence-corrected chi connectivity index (χ3v) is 3.54. The minimum absolute atomic E-state index is 0.111. The number of nitrogens with zero attached hydrogens (tertiary/aromatic N) is 1. The van der Waals surface area contributed by atoms with Gasteiger partial charge in [0.25, 0.3) is 0 Å². The molecule has 0 radical (unpaired) electrons. The number of hydrogen-bond acceptors (Lipinski definition) is 4. The molecule has 0 amide bonds. The van der Waals surface area contributed by atoms with Crippen molar-refractivity contribution in [3.05, 3.63) is 0 Å². The summed E-state index contributed by atoms with van der Waals surface area (Å²) >= 11 is 0. The Morgan fingerprint density at radius 3 is 3.00 bits per heavy atom. The SMILES string of the molecule is COC(=O)CN1CCCC1C1CCCN1. The highest BCUT2D eigenvalue weighted by Gasteiger charge is 2.33. The van der Waals surface area contributed by atoms with Crippen molar-refractivity contribution in [1.29, 1.82) is 0 Å². The van der Waals surface area contributed by atoms with E-state index in [0.717, 1.165) is 13.1 Å². The summed E-state index contributed by atoms with van der Waals surface area (Å²) in [4.78, 5) is 13.5. The van der Waals surface area contributed by atoms with Crippen molar-refractivity contribution in [2.24, 2.45) is 0 Å². The third kappa shape index (κ3) is 2.49. The Bertz CT molecular complexity index is 227. The normalized spacial score (nSPS) is 32.1. The Morgan fingerprint density at radius 2 is 2.33 bits per heavy atom. The van der Waals surface area contributed by atoms with Gasteiger partial charge in [-0.25, -0.2) is 0 Å². The summed E-state index contributed by atoms with van der Waals surface area (Å²) in [5, 5.41) is 3.53. The van der Waals surface area contributed by atoms with E-state index in [0.29, 0.717) is 18.6 Å². The molecule has 2 unspecified atom stereocenters. The number of methoxy groups -OCH3 is 1. The Hall–Kier alpha value is -0.610. The Labute approximate surface area is 91.0 Å². The number of hydrogen-bond donors (Lipinski definition) is 1. The van der Waals surface area contributed by atoms with Gasteiger partial charge in [0.05, 0.1) is 13.7 Å². The van der Waals surface area contributed by atoms with Gasteiger partial charge < -0.3 is 10.1 Å². The largest absolute Gasteiger partial charge is 0.468 e. The molecule has 0 saturated carbocycles. The molecule has 1 N–H and O–H groups in total. The zero-order valence-corrected chi connectivity index (χ0v) is 9.37. The summed E-state index contributed by atoms with van der Waals surface area (Å²) in [7, 11) is 1.46. The molecule has 0 spiro atoms. The molecular formula is C11H20N2O2. The van der Waals surface area contributed by atoms with Crippen LogP contribution in [0.4, 0.5) is 0 Å². The van der Waals surface area contributed by atoms with E-state index in [-0.39, 0.29) is 5.97 Å². The predicted molar refractivity (Wildman–Crippen MR) is 57.6 cm³/mol. The smallest absolute Gasteiger partial charge is 0.319 e. The van der Waals surface area contributed by atoms with Crippen LogP contribution in [0, 0.1) is 0 Å². The van der Waals surface area contributed by atoms with Crippen molar-refractivity contribution in [2.45, 2.75) is 37.8 Å². The fourth-order valence-corrected chi connectivity index (χ4v) is 2.77. The van der Waals surface area contributed by atoms with Crippen LogP contribution in [0.2, 0.25) is 0 Å². The highest BCUT2D eigenvalue weighted by atomic mass is 16.5. The van der Waals surface area contributed by atoms with Crippen molar-refractivity contribution < 1.29 is 9.53 Å². The van der Waals surface area contributed by atoms with Crippen LogP contribution in [0.3, 0.4) is 0 Å². The molecule has 2 fully saturated rings. The van der Waals surface area contributed by atoms with Crippen LogP contribution in [0.15, 0.2) is 0 Å². The maximum Gasteiger partial charge on any atom is 0.319 e. The first kappa shape index (κ1) is 10.9. The second-order valence-corrected chi connectivity index (χ2v) is 4.46. The molecule has 2 saturated heterocycles. The molecular weight excluding hydrogens is 192 g/mol. The molecule has 2 aliphatic heterocycles. The fraction of sp³-hybridized carbons (Fsp3) is 0.909. The molecule has 15 heavy (non-hydrogen) atoms. The lowest BCUT2D eigenvalue weighted by atomic mass is 10.0. The summed E-state index contributed by atoms with van der Waals surface area (Å²) in [6.45, 7) is 2.63. The van der Waals surface area contributed by atoms with Gasteiger partial charge in [-0.2, -0.15) is 0 Å². The van der Waals surface area contributed by atoms with Crippen molar-refractivity contribution >= 4 is 5.97 Å². The van der Waals surface area contributed by atoms with Gasteiger partial charge >= 0.3 is 5.97 Å². The topological polar surface area (TPSA) is 41.6 Å². The van der Waals surface area contributed by atoms with Crippen molar-refractivity contribution in [1.82, 2.24) is 10.2 Å². The number of ether oxygens (including phenoxy) is 1. The highest BCUT2D eigenvalue weighted by molar-refractivity contribution is 5.71. The lowest BCUT2D eigenvalue weighted by Crippen LogP contribution is -2.45. The summed E-state index contributed by atoms with van der Waals surface area (Å²) < 4.78 is 4.72. The third-order valence-electron chi connectivity index (χ3n) is 3.54. The van der Waals surface area contributed by atoms with Gasteiger partial charge in [-0.05, 0) is 38.8 Å². The van der Waals surface area contributed by atoms with E-state index in [2.05, 4.69) is 10.2 Å². The van der Waals surface area contributed by atoms with Crippen molar-refractivity contribution in [2.75, 3.05) is 26.7 Å². The molecule has 2 heterocycles. The van der Waals surface area contributed by atoms with Gasteiger partial charge in [0.2, 0.25) is 0 Å². The van der Waals surface area contributed by atoms with Crippen LogP contribution in [-0.2, 0) is 9.53 Å². The van der Waals surface area contributed by atoms with Crippen LogP contribution in [0.25, 0.3) is 0 Å². The number of carbonyl (C=O) groups excluding carboxylic acids is 1. The Kier molecular flexibility index (Phi) is 3.59. The van der Waals surface area contributed by atoms with Gasteiger partial charge in [-0.1, -0.05) is 0 Å². The first-order valence-corrected chi connectivity index (χ1v) is 5.85. The van der Waals surface area contributed by atoms with Gasteiger partial charge in [-0.15, -0.1) is 0 Å². The van der Waals surface area contributed by atoms with E-state index >= 15 is 0 Å². The molecule has 4 nitrogen and oxygen atoms in total. The first-order valence-electron chi connectivity index (χ1n) is 5.85. The number of nitrogens with one attached hydrogen (secondary N) is 1. The van der Waals surface area contributed by atoms with E-state index in [4.69, 9.17) is 4.74 Å². The maximum absolute atomic E-state index is 11.2. The molecule has 0 aromatic carbocycles. The first-order chi connectivity index (χ1) is 7.31. The summed E-state index contributed by atoms with van der Waals surface area (Å²) in [5.74, 6) is -0.111. The lowest BCUT2D eigenvalue weighted by Gasteiger charge is -2.28. The molecule has 0 aliphatic carbocycles. The van der Waals surface area contributed by atoms with Crippen molar-refractivity contribution in [3.63, 3.8) is 0 Å². The molecule has 0 aromatic rings. The Morgan fingerprint density at radius 1 is 1.47 bits per heavy atom. The van der Waals surface area contributed by atoms with Gasteiger partial charge in [0.1, 0.15) is 0 Å². The molecule has 2 atom stereocenters. The van der Waals surface area contributed by atoms with Crippen molar-refractivity contribution in [3.8, 4) is 0 Å². The van der Waals surface area contributed by atoms with E-state index < -0.39 is 0 Å². The quantitative estimate of drug-likeness (QED) is 0.687. The summed E-state index contributed by atoms with van der Waals surface area (Å²) in [6.07, 6.45) is 4.95. The van der Waals surface area contributed by atoms with Crippen LogP contribution in [0.5, 0.6) is 0 Å². The molecule has 2 rings (SSSR count). The zero-order chi connectivity index (χ0) is 10.7. The van der Waals surface area contributed by atoms with Gasteiger partial charge in [-0.3, -0.25) is 9.69 Å². The van der Waals surface area contributed by atoms with Crippen LogP contribution < -0.4 is 5.32 Å². The second kappa shape index (κ2) is 4.94. The fourth-order valence-electron chi connectivity index (χ4n) is 2.77. The predicted octanol–water partition coefficient (Wildman–Crippen LogP) is 0.376. The lowest BCUT2D eigenvalue weighted by molar-refractivity contribution is -0.142. The number of rotatable bonds is 3. The minimum Gasteiger partial charge on any atom is -0.468 e. The molecule has 4 heteroatoms. The number of likely N-dealkylation sites (tertiary alicyclic amines) is 1. The second-order valence-electron chi connectivity index (χ2n) is 4.46. The minimum atomic E-state index is -0.111. The average Bonchev–Trinajstić information content (AvgIpc) is 2.86.